The minimum atomic E-state index is -0.950. The number of rotatable bonds is 8. The van der Waals surface area contributed by atoms with Crippen molar-refractivity contribution in [1.29, 1.82) is 0 Å². The lowest BCUT2D eigenvalue weighted by Gasteiger charge is -2.15. The van der Waals surface area contributed by atoms with Gasteiger partial charge in [-0.2, -0.15) is 0 Å². The minimum Gasteiger partial charge on any atom is -0.489 e. The molecule has 0 fully saturated rings. The molecule has 0 radical (unpaired) electrons. The first-order valence-electron chi connectivity index (χ1n) is 8.26. The summed E-state index contributed by atoms with van der Waals surface area (Å²) >= 11 is 0. The maximum atomic E-state index is 12.3. The average molecular weight is 385 g/mol. The molecule has 0 aliphatic heterocycles. The summed E-state index contributed by atoms with van der Waals surface area (Å²) in [7, 11) is 0. The molecule has 0 bridgehead atoms. The van der Waals surface area contributed by atoms with E-state index >= 15 is 0 Å². The number of carbonyl (C=O) groups is 2. The van der Waals surface area contributed by atoms with E-state index in [-0.39, 0.29) is 23.6 Å². The van der Waals surface area contributed by atoms with Crippen LogP contribution in [-0.4, -0.2) is 29.4 Å². The largest absolute Gasteiger partial charge is 0.489 e. The Balaban J connectivity index is 1.91. The normalized spacial score (nSPS) is 11.0. The molecular weight excluding hydrogens is 366 g/mol. The molecule has 0 spiro atoms. The molecule has 2 amide bonds. The van der Waals surface area contributed by atoms with E-state index in [9.17, 15) is 19.7 Å². The fourth-order valence-corrected chi connectivity index (χ4v) is 2.12. The number of hydrogen-bond acceptors (Lipinski definition) is 6. The molecular formula is C19H19N3O6. The number of hydrogen-bond donors (Lipinski definition) is 2. The molecule has 9 nitrogen and oxygen atoms in total. The van der Waals surface area contributed by atoms with Crippen molar-refractivity contribution < 1.29 is 24.0 Å². The van der Waals surface area contributed by atoms with Gasteiger partial charge in [0.05, 0.1) is 10.5 Å². The third-order valence-corrected chi connectivity index (χ3v) is 3.52. The van der Waals surface area contributed by atoms with Crippen LogP contribution in [-0.2, 0) is 4.79 Å². The van der Waals surface area contributed by atoms with Crippen molar-refractivity contribution in [2.24, 2.45) is 0 Å². The van der Waals surface area contributed by atoms with Gasteiger partial charge in [0, 0.05) is 12.1 Å². The Morgan fingerprint density at radius 3 is 2.50 bits per heavy atom. The molecule has 9 heteroatoms. The van der Waals surface area contributed by atoms with Gasteiger partial charge in [-0.05, 0) is 31.2 Å². The van der Waals surface area contributed by atoms with Crippen LogP contribution in [0, 0.1) is 10.1 Å². The van der Waals surface area contributed by atoms with Gasteiger partial charge in [0.1, 0.15) is 18.1 Å². The summed E-state index contributed by atoms with van der Waals surface area (Å²) < 4.78 is 10.8. The first-order valence-corrected chi connectivity index (χ1v) is 8.26. The van der Waals surface area contributed by atoms with Gasteiger partial charge in [-0.3, -0.25) is 30.6 Å². The lowest BCUT2D eigenvalue weighted by molar-refractivity contribution is -0.384. The SMILES string of the molecule is C=CCOc1ccccc1C(=O)NNC(=O)C(C)Oc1ccc([N+](=O)[O-])cc1. The monoisotopic (exact) mass is 385 g/mol. The van der Waals surface area contributed by atoms with Gasteiger partial charge in [-0.1, -0.05) is 24.8 Å². The molecule has 2 rings (SSSR count). The van der Waals surface area contributed by atoms with Gasteiger partial charge in [0.25, 0.3) is 17.5 Å². The molecule has 1 atom stereocenters. The minimum absolute atomic E-state index is 0.0888. The fourth-order valence-electron chi connectivity index (χ4n) is 2.12. The first-order chi connectivity index (χ1) is 13.4. The van der Waals surface area contributed by atoms with E-state index in [0.29, 0.717) is 5.75 Å². The predicted octanol–water partition coefficient (Wildman–Crippen LogP) is 2.39. The number of nitrogens with zero attached hydrogens (tertiary/aromatic N) is 1. The second-order valence-corrected chi connectivity index (χ2v) is 5.55. The highest BCUT2D eigenvalue weighted by molar-refractivity contribution is 5.98. The van der Waals surface area contributed by atoms with Gasteiger partial charge in [0.2, 0.25) is 0 Å². The van der Waals surface area contributed by atoms with E-state index in [1.54, 1.807) is 30.3 Å². The number of hydrazine groups is 1. The van der Waals surface area contributed by atoms with Gasteiger partial charge in [-0.25, -0.2) is 0 Å². The molecule has 0 saturated carbocycles. The number of para-hydroxylation sites is 1. The van der Waals surface area contributed by atoms with Crippen LogP contribution in [0.4, 0.5) is 5.69 Å². The van der Waals surface area contributed by atoms with E-state index in [4.69, 9.17) is 9.47 Å². The van der Waals surface area contributed by atoms with E-state index in [0.717, 1.165) is 0 Å². The highest BCUT2D eigenvalue weighted by atomic mass is 16.6. The number of nitro groups is 1. The summed E-state index contributed by atoms with van der Waals surface area (Å²) in [5.41, 5.74) is 4.71. The van der Waals surface area contributed by atoms with Crippen LogP contribution in [0.1, 0.15) is 17.3 Å². The third-order valence-electron chi connectivity index (χ3n) is 3.52. The zero-order valence-corrected chi connectivity index (χ0v) is 15.1. The molecule has 0 aliphatic carbocycles. The summed E-state index contributed by atoms with van der Waals surface area (Å²) in [4.78, 5) is 34.5. The smallest absolute Gasteiger partial charge is 0.279 e. The number of nitrogens with one attached hydrogen (secondary N) is 2. The number of carbonyl (C=O) groups excluding carboxylic acids is 2. The van der Waals surface area contributed by atoms with Crippen molar-refractivity contribution in [2.75, 3.05) is 6.61 Å². The molecule has 0 aliphatic rings. The summed E-state index contributed by atoms with van der Waals surface area (Å²) in [6.07, 6.45) is 0.599. The Morgan fingerprint density at radius 1 is 1.18 bits per heavy atom. The zero-order valence-electron chi connectivity index (χ0n) is 15.1. The summed E-state index contributed by atoms with van der Waals surface area (Å²) in [6, 6.07) is 11.9. The van der Waals surface area contributed by atoms with Gasteiger partial charge < -0.3 is 9.47 Å². The van der Waals surface area contributed by atoms with Gasteiger partial charge in [-0.15, -0.1) is 0 Å². The van der Waals surface area contributed by atoms with Crippen LogP contribution >= 0.6 is 0 Å². The molecule has 2 aromatic carbocycles. The predicted molar refractivity (Wildman–Crippen MR) is 101 cm³/mol. The van der Waals surface area contributed by atoms with Crippen LogP contribution < -0.4 is 20.3 Å². The lowest BCUT2D eigenvalue weighted by Crippen LogP contribution is -2.47. The number of benzene rings is 2. The molecule has 2 aromatic rings. The quantitative estimate of drug-likeness (QED) is 0.409. The maximum absolute atomic E-state index is 12.3. The highest BCUT2D eigenvalue weighted by Gasteiger charge is 2.18. The molecule has 0 saturated heterocycles. The fraction of sp³-hybridized carbons (Fsp3) is 0.158. The Bertz CT molecular complexity index is 866. The number of ether oxygens (including phenoxy) is 2. The number of non-ortho nitro benzene ring substituents is 1. The standard InChI is InChI=1S/C19H19N3O6/c1-3-12-27-17-7-5-4-6-16(17)19(24)21-20-18(23)13(2)28-15-10-8-14(9-11-15)22(25)26/h3-11,13H,1,12H2,2H3,(H,20,23)(H,21,24). The van der Waals surface area contributed by atoms with E-state index < -0.39 is 22.8 Å². The van der Waals surface area contributed by atoms with E-state index in [2.05, 4.69) is 17.4 Å². The van der Waals surface area contributed by atoms with Crippen molar-refractivity contribution in [3.63, 3.8) is 0 Å². The summed E-state index contributed by atoms with van der Waals surface area (Å²) in [5.74, 6) is -0.529. The Hall–Kier alpha value is -3.88. The van der Waals surface area contributed by atoms with Crippen molar-refractivity contribution in [3.05, 3.63) is 76.9 Å². The maximum Gasteiger partial charge on any atom is 0.279 e. The molecule has 146 valence electrons. The van der Waals surface area contributed by atoms with Gasteiger partial charge >= 0.3 is 0 Å². The molecule has 28 heavy (non-hydrogen) atoms. The van der Waals surface area contributed by atoms with Crippen molar-refractivity contribution >= 4 is 17.5 Å². The highest BCUT2D eigenvalue weighted by Crippen LogP contribution is 2.19. The van der Waals surface area contributed by atoms with Crippen molar-refractivity contribution in [2.45, 2.75) is 13.0 Å². The van der Waals surface area contributed by atoms with Crippen LogP contribution in [0.15, 0.2) is 61.2 Å². The topological polar surface area (TPSA) is 120 Å². The average Bonchev–Trinajstić information content (AvgIpc) is 2.70. The second kappa shape index (κ2) is 9.72. The van der Waals surface area contributed by atoms with E-state index in [1.165, 1.54) is 31.2 Å². The lowest BCUT2D eigenvalue weighted by atomic mass is 10.2. The van der Waals surface area contributed by atoms with Crippen molar-refractivity contribution in [1.82, 2.24) is 10.9 Å². The molecule has 1 unspecified atom stereocenters. The van der Waals surface area contributed by atoms with Crippen molar-refractivity contribution in [3.8, 4) is 11.5 Å². The molecule has 0 heterocycles. The number of amides is 2. The first kappa shape index (κ1) is 20.4. The van der Waals surface area contributed by atoms with E-state index in [1.807, 2.05) is 0 Å². The van der Waals surface area contributed by atoms with Crippen LogP contribution in [0.25, 0.3) is 0 Å². The van der Waals surface area contributed by atoms with Gasteiger partial charge in [0.15, 0.2) is 6.10 Å². The Kier molecular flexibility index (Phi) is 7.09. The summed E-state index contributed by atoms with van der Waals surface area (Å²) in [5, 5.41) is 10.6. The van der Waals surface area contributed by atoms with Crippen LogP contribution in [0.5, 0.6) is 11.5 Å². The number of nitro benzene ring substituents is 1. The van der Waals surface area contributed by atoms with Crippen LogP contribution in [0.3, 0.4) is 0 Å². The van der Waals surface area contributed by atoms with Crippen LogP contribution in [0.2, 0.25) is 0 Å². The third kappa shape index (κ3) is 5.56. The zero-order chi connectivity index (χ0) is 20.5. The Morgan fingerprint density at radius 2 is 1.86 bits per heavy atom. The summed E-state index contributed by atoms with van der Waals surface area (Å²) in [6.45, 7) is 5.26. The molecule has 2 N–H and O–H groups in total. The Labute approximate surface area is 161 Å². The molecule has 0 aromatic heterocycles. The second-order valence-electron chi connectivity index (χ2n) is 5.55.